The molecule has 3 heterocycles. The molecule has 0 atom stereocenters. The standard InChI is InChI=1S/C17H20N6O/c1-24-13-5-3-12(4-6-13)11-23-16(15(18)10-21-23)14-9-20-22-8-2-7-19-17(14)22/h3-6,9-10,19H,2,7-8,11,18H2,1H3. The molecule has 24 heavy (non-hydrogen) atoms. The van der Waals surface area contributed by atoms with Crippen LogP contribution in [0.1, 0.15) is 12.0 Å². The van der Waals surface area contributed by atoms with Crippen LogP contribution in [0.5, 0.6) is 5.75 Å². The summed E-state index contributed by atoms with van der Waals surface area (Å²) in [5.74, 6) is 1.86. The molecule has 0 aliphatic carbocycles. The van der Waals surface area contributed by atoms with Crippen LogP contribution in [-0.2, 0) is 13.1 Å². The van der Waals surface area contributed by atoms with E-state index in [9.17, 15) is 0 Å². The summed E-state index contributed by atoms with van der Waals surface area (Å²) in [6.07, 6.45) is 4.64. The Hall–Kier alpha value is -2.96. The summed E-state index contributed by atoms with van der Waals surface area (Å²) < 4.78 is 9.12. The van der Waals surface area contributed by atoms with Crippen LogP contribution in [-0.4, -0.2) is 33.2 Å². The van der Waals surface area contributed by atoms with Crippen molar-refractivity contribution >= 4 is 11.5 Å². The van der Waals surface area contributed by atoms with E-state index in [4.69, 9.17) is 10.5 Å². The summed E-state index contributed by atoms with van der Waals surface area (Å²) in [5.41, 5.74) is 9.89. The van der Waals surface area contributed by atoms with Gasteiger partial charge in [0.1, 0.15) is 11.6 Å². The summed E-state index contributed by atoms with van der Waals surface area (Å²) in [6, 6.07) is 7.97. The number of nitrogens with one attached hydrogen (secondary N) is 1. The molecule has 124 valence electrons. The second-order valence-electron chi connectivity index (χ2n) is 5.86. The van der Waals surface area contributed by atoms with Gasteiger partial charge >= 0.3 is 0 Å². The van der Waals surface area contributed by atoms with Crippen molar-refractivity contribution in [1.29, 1.82) is 0 Å². The van der Waals surface area contributed by atoms with E-state index in [0.29, 0.717) is 12.2 Å². The van der Waals surface area contributed by atoms with Crippen LogP contribution in [0.25, 0.3) is 11.3 Å². The second-order valence-corrected chi connectivity index (χ2v) is 5.86. The number of anilines is 2. The summed E-state index contributed by atoms with van der Waals surface area (Å²) in [7, 11) is 1.66. The van der Waals surface area contributed by atoms with Gasteiger partial charge in [-0.3, -0.25) is 4.68 Å². The van der Waals surface area contributed by atoms with Gasteiger partial charge in [-0.15, -0.1) is 0 Å². The molecule has 2 aromatic heterocycles. The van der Waals surface area contributed by atoms with Crippen LogP contribution >= 0.6 is 0 Å². The monoisotopic (exact) mass is 324 g/mol. The Kier molecular flexibility index (Phi) is 3.60. The number of aryl methyl sites for hydroxylation is 1. The molecular weight excluding hydrogens is 304 g/mol. The normalized spacial score (nSPS) is 13.4. The molecule has 7 nitrogen and oxygen atoms in total. The molecule has 1 aromatic carbocycles. The van der Waals surface area contributed by atoms with Crippen molar-refractivity contribution in [2.75, 3.05) is 24.7 Å². The lowest BCUT2D eigenvalue weighted by molar-refractivity contribution is 0.414. The van der Waals surface area contributed by atoms with Gasteiger partial charge < -0.3 is 15.8 Å². The topological polar surface area (TPSA) is 82.9 Å². The van der Waals surface area contributed by atoms with E-state index < -0.39 is 0 Å². The van der Waals surface area contributed by atoms with E-state index in [1.54, 1.807) is 13.3 Å². The number of rotatable bonds is 4. The predicted molar refractivity (Wildman–Crippen MR) is 93.1 cm³/mol. The maximum atomic E-state index is 6.20. The smallest absolute Gasteiger partial charge is 0.133 e. The van der Waals surface area contributed by atoms with Crippen LogP contribution < -0.4 is 15.8 Å². The Balaban J connectivity index is 1.69. The molecular formula is C17H20N6O. The lowest BCUT2D eigenvalue weighted by atomic mass is 10.1. The average Bonchev–Trinajstić information content (AvgIpc) is 3.19. The number of methoxy groups -OCH3 is 1. The van der Waals surface area contributed by atoms with Crippen LogP contribution in [0.4, 0.5) is 11.5 Å². The Labute approximate surface area is 140 Å². The SMILES string of the molecule is COc1ccc(Cn2ncc(N)c2-c2cnn3c2NCCC3)cc1. The third kappa shape index (κ3) is 2.47. The van der Waals surface area contributed by atoms with E-state index in [0.717, 1.165) is 47.9 Å². The Bertz CT molecular complexity index is 849. The van der Waals surface area contributed by atoms with E-state index >= 15 is 0 Å². The number of ether oxygens (including phenoxy) is 1. The quantitative estimate of drug-likeness (QED) is 0.769. The van der Waals surface area contributed by atoms with Gasteiger partial charge in [0.2, 0.25) is 0 Å². The van der Waals surface area contributed by atoms with Crippen molar-refractivity contribution in [3.05, 3.63) is 42.2 Å². The fourth-order valence-corrected chi connectivity index (χ4v) is 3.07. The number of fused-ring (bicyclic) bond motifs is 1. The molecule has 0 radical (unpaired) electrons. The minimum absolute atomic E-state index is 0.640. The maximum absolute atomic E-state index is 6.20. The molecule has 0 amide bonds. The molecule has 0 saturated carbocycles. The fraction of sp³-hybridized carbons (Fsp3) is 0.294. The molecule has 3 aromatic rings. The fourth-order valence-electron chi connectivity index (χ4n) is 3.07. The number of nitrogens with zero attached hydrogens (tertiary/aromatic N) is 4. The minimum Gasteiger partial charge on any atom is -0.497 e. The number of hydrogen-bond acceptors (Lipinski definition) is 5. The molecule has 0 bridgehead atoms. The highest BCUT2D eigenvalue weighted by molar-refractivity contribution is 5.81. The zero-order valence-electron chi connectivity index (χ0n) is 13.6. The molecule has 4 rings (SSSR count). The zero-order chi connectivity index (χ0) is 16.5. The van der Waals surface area contributed by atoms with Gasteiger partial charge in [-0.05, 0) is 24.1 Å². The minimum atomic E-state index is 0.640. The van der Waals surface area contributed by atoms with Crippen molar-refractivity contribution < 1.29 is 4.74 Å². The second kappa shape index (κ2) is 5.92. The Morgan fingerprint density at radius 3 is 2.83 bits per heavy atom. The summed E-state index contributed by atoms with van der Waals surface area (Å²) in [5, 5.41) is 12.3. The average molecular weight is 324 g/mol. The highest BCUT2D eigenvalue weighted by Gasteiger charge is 2.21. The molecule has 3 N–H and O–H groups in total. The molecule has 1 aliphatic rings. The number of nitrogen functional groups attached to an aromatic ring is 1. The Morgan fingerprint density at radius 2 is 2.04 bits per heavy atom. The summed E-state index contributed by atoms with van der Waals surface area (Å²) in [4.78, 5) is 0. The van der Waals surface area contributed by atoms with Gasteiger partial charge in [-0.2, -0.15) is 10.2 Å². The van der Waals surface area contributed by atoms with Crippen LogP contribution in [0, 0.1) is 0 Å². The van der Waals surface area contributed by atoms with Crippen molar-refractivity contribution in [2.45, 2.75) is 19.5 Å². The molecule has 1 aliphatic heterocycles. The summed E-state index contributed by atoms with van der Waals surface area (Å²) >= 11 is 0. The Morgan fingerprint density at radius 1 is 1.21 bits per heavy atom. The molecule has 7 heteroatoms. The van der Waals surface area contributed by atoms with E-state index in [2.05, 4.69) is 15.5 Å². The van der Waals surface area contributed by atoms with Gasteiger partial charge in [-0.1, -0.05) is 12.1 Å². The van der Waals surface area contributed by atoms with Gasteiger partial charge in [0.05, 0.1) is 43.0 Å². The van der Waals surface area contributed by atoms with E-state index in [-0.39, 0.29) is 0 Å². The first-order valence-electron chi connectivity index (χ1n) is 8.00. The first-order chi connectivity index (χ1) is 11.8. The first kappa shape index (κ1) is 14.6. The van der Waals surface area contributed by atoms with E-state index in [1.807, 2.05) is 39.8 Å². The maximum Gasteiger partial charge on any atom is 0.133 e. The van der Waals surface area contributed by atoms with E-state index in [1.165, 1.54) is 0 Å². The molecule has 0 fully saturated rings. The number of benzene rings is 1. The number of nitrogens with two attached hydrogens (primary N) is 1. The zero-order valence-corrected chi connectivity index (χ0v) is 13.6. The van der Waals surface area contributed by atoms with Crippen LogP contribution in [0.15, 0.2) is 36.7 Å². The highest BCUT2D eigenvalue weighted by atomic mass is 16.5. The van der Waals surface area contributed by atoms with Crippen molar-refractivity contribution in [3.63, 3.8) is 0 Å². The van der Waals surface area contributed by atoms with Crippen molar-refractivity contribution in [3.8, 4) is 17.0 Å². The lowest BCUT2D eigenvalue weighted by Gasteiger charge is -2.17. The third-order valence-corrected chi connectivity index (χ3v) is 4.29. The lowest BCUT2D eigenvalue weighted by Crippen LogP contribution is -2.18. The molecule has 0 spiro atoms. The summed E-state index contributed by atoms with van der Waals surface area (Å²) in [6.45, 7) is 2.52. The largest absolute Gasteiger partial charge is 0.497 e. The van der Waals surface area contributed by atoms with Gasteiger partial charge in [0.25, 0.3) is 0 Å². The van der Waals surface area contributed by atoms with Gasteiger partial charge in [-0.25, -0.2) is 4.68 Å². The van der Waals surface area contributed by atoms with Gasteiger partial charge in [0, 0.05) is 13.1 Å². The predicted octanol–water partition coefficient (Wildman–Crippen LogP) is 2.20. The van der Waals surface area contributed by atoms with Crippen molar-refractivity contribution in [2.24, 2.45) is 0 Å². The molecule has 0 saturated heterocycles. The van der Waals surface area contributed by atoms with Gasteiger partial charge in [0.15, 0.2) is 0 Å². The van der Waals surface area contributed by atoms with Crippen molar-refractivity contribution in [1.82, 2.24) is 19.6 Å². The first-order valence-corrected chi connectivity index (χ1v) is 8.00. The van der Waals surface area contributed by atoms with Crippen LogP contribution in [0.3, 0.4) is 0 Å². The number of hydrogen-bond donors (Lipinski definition) is 2. The van der Waals surface area contributed by atoms with Crippen LogP contribution in [0.2, 0.25) is 0 Å². The molecule has 0 unspecified atom stereocenters. The number of aromatic nitrogens is 4. The third-order valence-electron chi connectivity index (χ3n) is 4.29. The highest BCUT2D eigenvalue weighted by Crippen LogP contribution is 2.33.